The molecular weight excluding hydrogens is 238 g/mol. The van der Waals surface area contributed by atoms with Gasteiger partial charge in [-0.1, -0.05) is 35.5 Å². The van der Waals surface area contributed by atoms with Crippen LogP contribution in [0.15, 0.2) is 35.3 Å². The molecule has 1 aromatic carbocycles. The van der Waals surface area contributed by atoms with Crippen molar-refractivity contribution in [2.24, 2.45) is 0 Å². The Balaban J connectivity index is 2.56. The van der Waals surface area contributed by atoms with Gasteiger partial charge in [-0.2, -0.15) is 0 Å². The van der Waals surface area contributed by atoms with E-state index in [1.165, 1.54) is 5.39 Å². The number of halogens is 1. The van der Waals surface area contributed by atoms with E-state index in [0.717, 1.165) is 27.7 Å². The van der Waals surface area contributed by atoms with E-state index in [-0.39, 0.29) is 0 Å². The maximum atomic E-state index is 4.02. The van der Waals surface area contributed by atoms with Gasteiger partial charge in [-0.25, -0.2) is 0 Å². The number of hydrogen-bond acceptors (Lipinski definition) is 0. The van der Waals surface area contributed by atoms with E-state index < -0.39 is 0 Å². The van der Waals surface area contributed by atoms with E-state index in [0.29, 0.717) is 0 Å². The Kier molecular flexibility index (Phi) is 2.46. The first-order valence-corrected chi connectivity index (χ1v) is 5.46. The summed E-state index contributed by atoms with van der Waals surface area (Å²) in [5.41, 5.74) is 3.45. The summed E-state index contributed by atoms with van der Waals surface area (Å²) in [6.07, 6.45) is 0.980. The van der Waals surface area contributed by atoms with Crippen molar-refractivity contribution < 1.29 is 0 Å². The molecule has 0 radical (unpaired) electrons. The molecule has 14 heavy (non-hydrogen) atoms. The average molecular weight is 250 g/mol. The molecular formula is C12H12BrN. The fraction of sp³-hybridized carbons (Fsp3) is 0.167. The quantitative estimate of drug-likeness (QED) is 0.815. The second kappa shape index (κ2) is 3.62. The molecule has 0 saturated heterocycles. The lowest BCUT2D eigenvalue weighted by atomic mass is 10.1. The summed E-state index contributed by atoms with van der Waals surface area (Å²) in [7, 11) is 0. The molecule has 1 N–H and O–H groups in total. The van der Waals surface area contributed by atoms with E-state index >= 15 is 0 Å². The Hall–Kier alpha value is -1.02. The molecule has 0 bridgehead atoms. The number of rotatable bonds is 2. The standard InChI is InChI=1S/C12H12BrN/c1-3-8(2)11-6-9-4-5-10(13)7-12(9)14-11/h4-7,14H,2-3H2,1H3. The molecule has 72 valence electrons. The molecule has 0 aliphatic carbocycles. The third-order valence-corrected chi connectivity index (χ3v) is 2.89. The third kappa shape index (κ3) is 1.62. The summed E-state index contributed by atoms with van der Waals surface area (Å²) in [6, 6.07) is 8.38. The van der Waals surface area contributed by atoms with Crippen LogP contribution in [0.3, 0.4) is 0 Å². The SMILES string of the molecule is C=C(CC)c1cc2ccc(Br)cc2[nH]1. The van der Waals surface area contributed by atoms with Crippen LogP contribution < -0.4 is 0 Å². The molecule has 0 atom stereocenters. The Bertz CT molecular complexity index is 482. The van der Waals surface area contributed by atoms with Crippen LogP contribution in [0.2, 0.25) is 0 Å². The summed E-state index contributed by atoms with van der Waals surface area (Å²) in [5.74, 6) is 0. The number of nitrogens with one attached hydrogen (secondary N) is 1. The van der Waals surface area contributed by atoms with E-state index in [1.807, 2.05) is 0 Å². The Morgan fingerprint density at radius 1 is 1.43 bits per heavy atom. The minimum Gasteiger partial charge on any atom is -0.355 e. The molecule has 2 heteroatoms. The van der Waals surface area contributed by atoms with Crippen LogP contribution in [0.1, 0.15) is 19.0 Å². The van der Waals surface area contributed by atoms with Gasteiger partial charge in [-0.15, -0.1) is 0 Å². The predicted octanol–water partition coefficient (Wildman–Crippen LogP) is 4.35. The number of allylic oxidation sites excluding steroid dienone is 1. The molecule has 0 unspecified atom stereocenters. The highest BCUT2D eigenvalue weighted by atomic mass is 79.9. The Morgan fingerprint density at radius 2 is 2.21 bits per heavy atom. The van der Waals surface area contributed by atoms with Crippen molar-refractivity contribution in [3.05, 3.63) is 41.0 Å². The van der Waals surface area contributed by atoms with Crippen molar-refractivity contribution in [3.8, 4) is 0 Å². The molecule has 0 fully saturated rings. The van der Waals surface area contributed by atoms with Crippen molar-refractivity contribution in [1.82, 2.24) is 4.98 Å². The van der Waals surface area contributed by atoms with Gasteiger partial charge in [0, 0.05) is 21.1 Å². The largest absolute Gasteiger partial charge is 0.355 e. The Morgan fingerprint density at radius 3 is 2.93 bits per heavy atom. The van der Waals surface area contributed by atoms with Gasteiger partial charge in [0.2, 0.25) is 0 Å². The highest BCUT2D eigenvalue weighted by Crippen LogP contribution is 2.24. The van der Waals surface area contributed by atoms with Crippen LogP contribution >= 0.6 is 15.9 Å². The zero-order chi connectivity index (χ0) is 10.1. The molecule has 2 aromatic rings. The highest BCUT2D eigenvalue weighted by Gasteiger charge is 2.02. The fourth-order valence-electron chi connectivity index (χ4n) is 1.48. The van der Waals surface area contributed by atoms with Gasteiger partial charge >= 0.3 is 0 Å². The zero-order valence-corrected chi connectivity index (χ0v) is 9.69. The minimum absolute atomic E-state index is 0.980. The molecule has 2 rings (SSSR count). The molecule has 0 amide bonds. The first-order valence-electron chi connectivity index (χ1n) is 4.67. The number of hydrogen-bond donors (Lipinski definition) is 1. The molecule has 0 saturated carbocycles. The summed E-state index contributed by atoms with van der Waals surface area (Å²) in [6.45, 7) is 6.13. The van der Waals surface area contributed by atoms with Crippen LogP contribution in [0.25, 0.3) is 16.5 Å². The number of H-pyrrole nitrogens is 1. The lowest BCUT2D eigenvalue weighted by molar-refractivity contribution is 1.22. The van der Waals surface area contributed by atoms with Gasteiger partial charge < -0.3 is 4.98 Å². The molecule has 1 aromatic heterocycles. The molecule has 0 aliphatic rings. The molecule has 1 nitrogen and oxygen atoms in total. The van der Waals surface area contributed by atoms with Crippen molar-refractivity contribution in [2.75, 3.05) is 0 Å². The summed E-state index contributed by atoms with van der Waals surface area (Å²) >= 11 is 3.45. The topological polar surface area (TPSA) is 15.8 Å². The van der Waals surface area contributed by atoms with Crippen molar-refractivity contribution in [1.29, 1.82) is 0 Å². The maximum Gasteiger partial charge on any atom is 0.0470 e. The van der Waals surface area contributed by atoms with E-state index in [9.17, 15) is 0 Å². The van der Waals surface area contributed by atoms with Crippen LogP contribution in [0.4, 0.5) is 0 Å². The van der Waals surface area contributed by atoms with Crippen LogP contribution in [-0.2, 0) is 0 Å². The molecule has 1 heterocycles. The average Bonchev–Trinajstić information content (AvgIpc) is 2.59. The normalized spacial score (nSPS) is 10.7. The predicted molar refractivity (Wildman–Crippen MR) is 65.3 cm³/mol. The fourth-order valence-corrected chi connectivity index (χ4v) is 1.84. The zero-order valence-electron chi connectivity index (χ0n) is 8.10. The number of aromatic nitrogens is 1. The summed E-state index contributed by atoms with van der Waals surface area (Å²) in [4.78, 5) is 3.36. The van der Waals surface area contributed by atoms with Gasteiger partial charge in [0.15, 0.2) is 0 Å². The van der Waals surface area contributed by atoms with E-state index in [4.69, 9.17) is 0 Å². The summed E-state index contributed by atoms with van der Waals surface area (Å²) < 4.78 is 1.10. The summed E-state index contributed by atoms with van der Waals surface area (Å²) in [5, 5.41) is 1.23. The second-order valence-electron chi connectivity index (χ2n) is 3.37. The monoisotopic (exact) mass is 249 g/mol. The lowest BCUT2D eigenvalue weighted by Crippen LogP contribution is -1.78. The van der Waals surface area contributed by atoms with Gasteiger partial charge in [0.25, 0.3) is 0 Å². The Labute approximate surface area is 92.0 Å². The van der Waals surface area contributed by atoms with Gasteiger partial charge in [0.1, 0.15) is 0 Å². The van der Waals surface area contributed by atoms with E-state index in [1.54, 1.807) is 0 Å². The first-order chi connectivity index (χ1) is 6.70. The number of aromatic amines is 1. The third-order valence-electron chi connectivity index (χ3n) is 2.39. The number of benzene rings is 1. The maximum absolute atomic E-state index is 4.02. The highest BCUT2D eigenvalue weighted by molar-refractivity contribution is 9.10. The first kappa shape index (κ1) is 9.53. The van der Waals surface area contributed by atoms with Crippen molar-refractivity contribution >= 4 is 32.4 Å². The second-order valence-corrected chi connectivity index (χ2v) is 4.29. The smallest absolute Gasteiger partial charge is 0.0470 e. The van der Waals surface area contributed by atoms with Crippen LogP contribution in [0.5, 0.6) is 0 Å². The molecule has 0 spiro atoms. The van der Waals surface area contributed by atoms with Crippen LogP contribution in [-0.4, -0.2) is 4.98 Å². The number of fused-ring (bicyclic) bond motifs is 1. The van der Waals surface area contributed by atoms with Gasteiger partial charge in [-0.05, 0) is 30.2 Å². The van der Waals surface area contributed by atoms with E-state index in [2.05, 4.69) is 58.7 Å². The van der Waals surface area contributed by atoms with Crippen molar-refractivity contribution in [2.45, 2.75) is 13.3 Å². The van der Waals surface area contributed by atoms with Gasteiger partial charge in [-0.3, -0.25) is 0 Å². The lowest BCUT2D eigenvalue weighted by Gasteiger charge is -1.95. The minimum atomic E-state index is 0.980. The van der Waals surface area contributed by atoms with Crippen LogP contribution in [0, 0.1) is 0 Å². The van der Waals surface area contributed by atoms with Gasteiger partial charge in [0.05, 0.1) is 0 Å². The molecule has 0 aliphatic heterocycles. The van der Waals surface area contributed by atoms with Crippen molar-refractivity contribution in [3.63, 3.8) is 0 Å².